The molecule has 0 fully saturated rings. The standard InChI is InChI=1S/2C17H10F4P.Fe/c2*18-11-5-12(19)8-16(7-11)22(15-3-1-2-4-15)17-9-13(20)6-14(21)10-17;/h2*1-10H;/q-5;-1;. The van der Waals surface area contributed by atoms with Gasteiger partial charge in [-0.2, -0.15) is 12.1 Å². The third-order valence-corrected chi connectivity index (χ3v) is 11.0. The molecule has 0 radical (unpaired) electrons. The molecule has 0 aromatic heterocycles. The average Bonchev–Trinajstić information content (AvgIpc) is 3.63. The van der Waals surface area contributed by atoms with E-state index >= 15 is 0 Å². The summed E-state index contributed by atoms with van der Waals surface area (Å²) in [6, 6.07) is 26.9. The van der Waals surface area contributed by atoms with Crippen LogP contribution in [0.25, 0.3) is 0 Å². The molecule has 0 atom stereocenters. The van der Waals surface area contributed by atoms with Crippen molar-refractivity contribution < 1.29 is 52.2 Å². The Morgan fingerprint density at radius 1 is 0.400 bits per heavy atom. The summed E-state index contributed by atoms with van der Waals surface area (Å²) < 4.78 is 108. The van der Waals surface area contributed by atoms with Crippen LogP contribution in [0.2, 0.25) is 0 Å². The smallest absolute Gasteiger partial charge is 0.126 e. The monoisotopic (exact) mass is 698 g/mol. The van der Waals surface area contributed by atoms with Gasteiger partial charge in [-0.15, -0.1) is 5.30 Å². The van der Waals surface area contributed by atoms with E-state index in [-0.39, 0.29) is 17.1 Å². The van der Waals surface area contributed by atoms with Crippen LogP contribution in [0.1, 0.15) is 0 Å². The van der Waals surface area contributed by atoms with Gasteiger partial charge in [0, 0.05) is 41.3 Å². The van der Waals surface area contributed by atoms with Crippen molar-refractivity contribution in [2.24, 2.45) is 0 Å². The topological polar surface area (TPSA) is 0 Å². The SMILES string of the molecule is Fc1cc(F)cc(P(c2cc(F)cc(F)c2)[c-]2[cH-][cH-][cH-][cH-]2)c1.Fc1cc(F)cc(P(c2cc(F)cc(F)c2)[c-]2cccc2)c1.[Fe]. The van der Waals surface area contributed by atoms with Crippen LogP contribution < -0.4 is 31.8 Å². The molecule has 6 rings (SSSR count). The molecule has 6 aromatic rings. The molecular formula is C34H20F8FeP2-6. The van der Waals surface area contributed by atoms with Crippen molar-refractivity contribution in [1.29, 1.82) is 0 Å². The van der Waals surface area contributed by atoms with E-state index < -0.39 is 62.4 Å². The van der Waals surface area contributed by atoms with Gasteiger partial charge in [-0.25, -0.2) is 55.2 Å². The molecule has 0 spiro atoms. The average molecular weight is 698 g/mol. The minimum Gasteiger partial charge on any atom is -0.747 e. The second-order valence-corrected chi connectivity index (χ2v) is 13.9. The maximum atomic E-state index is 13.5. The van der Waals surface area contributed by atoms with Gasteiger partial charge >= 0.3 is 0 Å². The summed E-state index contributed by atoms with van der Waals surface area (Å²) in [5, 5.41) is 3.00. The van der Waals surface area contributed by atoms with Gasteiger partial charge in [0.15, 0.2) is 0 Å². The van der Waals surface area contributed by atoms with Crippen LogP contribution in [-0.2, 0) is 17.1 Å². The fraction of sp³-hybridized carbons (Fsp3) is 0. The minimum absolute atomic E-state index is 0. The zero-order valence-electron chi connectivity index (χ0n) is 22.8. The second kappa shape index (κ2) is 15.1. The molecule has 0 aliphatic rings. The maximum absolute atomic E-state index is 13.5. The van der Waals surface area contributed by atoms with Crippen LogP contribution in [0.4, 0.5) is 35.1 Å². The first kappa shape index (κ1) is 34.3. The Morgan fingerprint density at radius 2 is 0.667 bits per heavy atom. The Hall–Kier alpha value is -3.60. The summed E-state index contributed by atoms with van der Waals surface area (Å²) in [5.74, 6) is -5.73. The van der Waals surface area contributed by atoms with Gasteiger partial charge < -0.3 is 29.6 Å². The first-order valence-electron chi connectivity index (χ1n) is 12.9. The molecule has 0 nitrogen and oxygen atoms in total. The van der Waals surface area contributed by atoms with Crippen LogP contribution in [0, 0.1) is 46.5 Å². The van der Waals surface area contributed by atoms with E-state index in [0.29, 0.717) is 21.2 Å². The van der Waals surface area contributed by atoms with Gasteiger partial charge in [0.05, 0.1) is 0 Å². The molecule has 0 aliphatic carbocycles. The molecule has 236 valence electrons. The van der Waals surface area contributed by atoms with Crippen LogP contribution in [-0.4, -0.2) is 0 Å². The molecule has 0 bridgehead atoms. The molecule has 6 aromatic carbocycles. The molecule has 0 heterocycles. The molecule has 0 amide bonds. The first-order chi connectivity index (χ1) is 21.0. The van der Waals surface area contributed by atoms with Crippen LogP contribution in [0.3, 0.4) is 0 Å². The Labute approximate surface area is 267 Å². The number of hydrogen-bond acceptors (Lipinski definition) is 0. The van der Waals surface area contributed by atoms with Crippen molar-refractivity contribution in [2.45, 2.75) is 0 Å². The Balaban J connectivity index is 0.000000200. The van der Waals surface area contributed by atoms with E-state index in [1.807, 2.05) is 0 Å². The maximum Gasteiger partial charge on any atom is 0.126 e. The van der Waals surface area contributed by atoms with Gasteiger partial charge in [0.1, 0.15) is 46.5 Å². The zero-order valence-corrected chi connectivity index (χ0v) is 25.7. The number of benzene rings is 4. The van der Waals surface area contributed by atoms with E-state index in [2.05, 4.69) is 0 Å². The molecule has 0 unspecified atom stereocenters. The largest absolute Gasteiger partial charge is 0.747 e. The van der Waals surface area contributed by atoms with Gasteiger partial charge in [0.25, 0.3) is 0 Å². The van der Waals surface area contributed by atoms with Crippen molar-refractivity contribution in [3.05, 3.63) is 168 Å². The molecule has 11 heteroatoms. The molecule has 0 aliphatic heterocycles. The van der Waals surface area contributed by atoms with E-state index in [0.717, 1.165) is 34.9 Å². The normalized spacial score (nSPS) is 10.9. The molecule has 0 N–H and O–H groups in total. The Bertz CT molecular complexity index is 1550. The molecule has 0 saturated heterocycles. The van der Waals surface area contributed by atoms with Gasteiger partial charge in [-0.3, -0.25) is 0 Å². The first-order valence-corrected chi connectivity index (χ1v) is 15.6. The molecular weight excluding hydrogens is 678 g/mol. The summed E-state index contributed by atoms with van der Waals surface area (Å²) in [6.07, 6.45) is 0. The van der Waals surface area contributed by atoms with Crippen LogP contribution in [0.15, 0.2) is 121 Å². The number of halogens is 8. The van der Waals surface area contributed by atoms with Gasteiger partial charge in [0.2, 0.25) is 0 Å². The zero-order chi connectivity index (χ0) is 31.4. The second-order valence-electron chi connectivity index (χ2n) is 9.47. The number of hydrogen-bond donors (Lipinski definition) is 0. The number of rotatable bonds is 6. The minimum atomic E-state index is -1.43. The third-order valence-electron chi connectivity index (χ3n) is 6.23. The quantitative estimate of drug-likeness (QED) is 0.0735. The summed E-state index contributed by atoms with van der Waals surface area (Å²) in [4.78, 5) is 0. The van der Waals surface area contributed by atoms with E-state index in [1.54, 1.807) is 48.5 Å². The van der Waals surface area contributed by atoms with Crippen LogP contribution in [0.5, 0.6) is 0 Å². The van der Waals surface area contributed by atoms with E-state index in [1.165, 1.54) is 48.5 Å². The van der Waals surface area contributed by atoms with E-state index in [9.17, 15) is 35.1 Å². The fourth-order valence-electron chi connectivity index (χ4n) is 4.59. The van der Waals surface area contributed by atoms with Crippen molar-refractivity contribution in [3.63, 3.8) is 0 Å². The fourth-order valence-corrected chi connectivity index (χ4v) is 9.34. The van der Waals surface area contributed by atoms with Gasteiger partial charge in [-0.05, 0) is 69.7 Å². The molecule has 45 heavy (non-hydrogen) atoms. The van der Waals surface area contributed by atoms with Crippen molar-refractivity contribution in [3.8, 4) is 0 Å². The predicted octanol–water partition coefficient (Wildman–Crippen LogP) is 7.44. The van der Waals surface area contributed by atoms with Crippen molar-refractivity contribution in [1.82, 2.24) is 0 Å². The van der Waals surface area contributed by atoms with Crippen molar-refractivity contribution in [2.75, 3.05) is 0 Å². The Morgan fingerprint density at radius 3 is 0.956 bits per heavy atom. The third kappa shape index (κ3) is 8.77. The van der Waals surface area contributed by atoms with Crippen molar-refractivity contribution >= 4 is 47.7 Å². The summed E-state index contributed by atoms with van der Waals surface area (Å²) in [7, 11) is -2.87. The molecule has 0 saturated carbocycles. The summed E-state index contributed by atoms with van der Waals surface area (Å²) in [5.41, 5.74) is 0. The summed E-state index contributed by atoms with van der Waals surface area (Å²) in [6.45, 7) is 0. The summed E-state index contributed by atoms with van der Waals surface area (Å²) >= 11 is 0. The van der Waals surface area contributed by atoms with Crippen LogP contribution >= 0.6 is 15.8 Å². The predicted molar refractivity (Wildman–Crippen MR) is 161 cm³/mol. The Kier molecular flexibility index (Phi) is 11.5. The van der Waals surface area contributed by atoms with Gasteiger partial charge in [-0.1, -0.05) is 7.92 Å². The van der Waals surface area contributed by atoms with E-state index in [4.69, 9.17) is 0 Å².